The third kappa shape index (κ3) is 1.86. The lowest BCUT2D eigenvalue weighted by Crippen LogP contribution is -1.82. The van der Waals surface area contributed by atoms with Crippen molar-refractivity contribution in [1.29, 1.82) is 0 Å². The molecule has 0 radical (unpaired) electrons. The van der Waals surface area contributed by atoms with Crippen LogP contribution in [0.15, 0.2) is 22.7 Å². The SMILES string of the molecule is Cc1cc(C)cc(-c2onc(C=O)c2Cl)c1. The maximum Gasteiger partial charge on any atom is 0.186 e. The molecule has 4 heteroatoms. The van der Waals surface area contributed by atoms with Crippen LogP contribution in [0.2, 0.25) is 5.02 Å². The number of halogens is 1. The van der Waals surface area contributed by atoms with E-state index < -0.39 is 0 Å². The first-order chi connectivity index (χ1) is 7.61. The van der Waals surface area contributed by atoms with E-state index in [2.05, 4.69) is 11.2 Å². The average Bonchev–Trinajstić information content (AvgIpc) is 2.58. The molecule has 3 nitrogen and oxygen atoms in total. The van der Waals surface area contributed by atoms with E-state index in [1.807, 2.05) is 26.0 Å². The van der Waals surface area contributed by atoms with Crippen LogP contribution >= 0.6 is 11.6 Å². The summed E-state index contributed by atoms with van der Waals surface area (Å²) in [5, 5.41) is 3.86. The van der Waals surface area contributed by atoms with Gasteiger partial charge in [0.1, 0.15) is 5.02 Å². The topological polar surface area (TPSA) is 43.1 Å². The summed E-state index contributed by atoms with van der Waals surface area (Å²) < 4.78 is 5.07. The Kier molecular flexibility index (Phi) is 2.79. The highest BCUT2D eigenvalue weighted by Crippen LogP contribution is 2.31. The number of carbonyl (C=O) groups excluding carboxylic acids is 1. The van der Waals surface area contributed by atoms with E-state index in [0.717, 1.165) is 16.7 Å². The number of aryl methyl sites for hydroxylation is 2. The van der Waals surface area contributed by atoms with Gasteiger partial charge in [-0.05, 0) is 26.0 Å². The second-order valence-electron chi connectivity index (χ2n) is 3.71. The van der Waals surface area contributed by atoms with Gasteiger partial charge in [-0.1, -0.05) is 34.0 Å². The number of nitrogens with zero attached hydrogens (tertiary/aromatic N) is 1. The molecule has 2 rings (SSSR count). The number of carbonyl (C=O) groups is 1. The molecular formula is C12H10ClNO2. The summed E-state index contributed by atoms with van der Waals surface area (Å²) in [4.78, 5) is 10.6. The second-order valence-corrected chi connectivity index (χ2v) is 4.08. The smallest absolute Gasteiger partial charge is 0.186 e. The molecule has 0 fully saturated rings. The van der Waals surface area contributed by atoms with Gasteiger partial charge in [0.05, 0.1) is 0 Å². The summed E-state index contributed by atoms with van der Waals surface area (Å²) in [5.41, 5.74) is 3.18. The van der Waals surface area contributed by atoms with Gasteiger partial charge >= 0.3 is 0 Å². The number of aldehydes is 1. The highest BCUT2D eigenvalue weighted by molar-refractivity contribution is 6.35. The number of benzene rings is 1. The lowest BCUT2D eigenvalue weighted by atomic mass is 10.1. The molecule has 0 saturated heterocycles. The summed E-state index contributed by atoms with van der Waals surface area (Å²) in [7, 11) is 0. The standard InChI is InChI=1S/C12H10ClNO2/c1-7-3-8(2)5-9(4-7)12-11(13)10(6-15)14-16-12/h3-6H,1-2H3. The van der Waals surface area contributed by atoms with Crippen molar-refractivity contribution in [2.45, 2.75) is 13.8 Å². The van der Waals surface area contributed by atoms with E-state index in [4.69, 9.17) is 16.1 Å². The molecule has 16 heavy (non-hydrogen) atoms. The van der Waals surface area contributed by atoms with E-state index in [1.54, 1.807) is 0 Å². The fourth-order valence-corrected chi connectivity index (χ4v) is 1.87. The van der Waals surface area contributed by atoms with Gasteiger partial charge < -0.3 is 4.52 Å². The van der Waals surface area contributed by atoms with Gasteiger partial charge in [0.2, 0.25) is 0 Å². The lowest BCUT2D eigenvalue weighted by molar-refractivity contribution is 0.111. The van der Waals surface area contributed by atoms with Gasteiger partial charge in [-0.15, -0.1) is 0 Å². The Morgan fingerprint density at radius 2 is 1.88 bits per heavy atom. The molecule has 1 heterocycles. The molecular weight excluding hydrogens is 226 g/mol. The zero-order chi connectivity index (χ0) is 11.7. The van der Waals surface area contributed by atoms with Gasteiger partial charge in [0.25, 0.3) is 0 Å². The third-order valence-corrected chi connectivity index (χ3v) is 2.62. The molecule has 0 spiro atoms. The molecule has 1 aromatic heterocycles. The fraction of sp³-hybridized carbons (Fsp3) is 0.167. The zero-order valence-electron chi connectivity index (χ0n) is 8.95. The van der Waals surface area contributed by atoms with E-state index in [0.29, 0.717) is 12.0 Å². The summed E-state index contributed by atoms with van der Waals surface area (Å²) in [6, 6.07) is 5.93. The lowest BCUT2D eigenvalue weighted by Gasteiger charge is -2.01. The molecule has 0 aliphatic carbocycles. The summed E-state index contributed by atoms with van der Waals surface area (Å²) >= 11 is 5.98. The molecule has 1 aromatic carbocycles. The molecule has 0 aliphatic rings. The van der Waals surface area contributed by atoms with Crippen molar-refractivity contribution in [3.8, 4) is 11.3 Å². The van der Waals surface area contributed by atoms with E-state index in [9.17, 15) is 4.79 Å². The van der Waals surface area contributed by atoms with Gasteiger partial charge in [-0.3, -0.25) is 4.79 Å². The first-order valence-electron chi connectivity index (χ1n) is 4.81. The molecule has 0 saturated carbocycles. The molecule has 82 valence electrons. The Balaban J connectivity index is 2.58. The molecule has 0 aliphatic heterocycles. The molecule has 0 N–H and O–H groups in total. The van der Waals surface area contributed by atoms with Gasteiger partial charge in [0, 0.05) is 5.56 Å². The van der Waals surface area contributed by atoms with Crippen LogP contribution in [-0.2, 0) is 0 Å². The van der Waals surface area contributed by atoms with Crippen LogP contribution in [0.1, 0.15) is 21.6 Å². The first-order valence-corrected chi connectivity index (χ1v) is 5.18. The summed E-state index contributed by atoms with van der Waals surface area (Å²) in [6.45, 7) is 3.98. The zero-order valence-corrected chi connectivity index (χ0v) is 9.71. The maximum atomic E-state index is 10.6. The molecule has 0 bridgehead atoms. The Labute approximate surface area is 98.0 Å². The summed E-state index contributed by atoms with van der Waals surface area (Å²) in [6.07, 6.45) is 0.581. The Morgan fingerprint density at radius 1 is 1.25 bits per heavy atom. The average molecular weight is 236 g/mol. The van der Waals surface area contributed by atoms with E-state index in [-0.39, 0.29) is 10.7 Å². The minimum Gasteiger partial charge on any atom is -0.354 e. The van der Waals surface area contributed by atoms with Crippen molar-refractivity contribution < 1.29 is 9.32 Å². The molecule has 2 aromatic rings. The minimum absolute atomic E-state index is 0.135. The molecule has 0 amide bonds. The van der Waals surface area contributed by atoms with Crippen molar-refractivity contribution in [3.05, 3.63) is 40.0 Å². The Morgan fingerprint density at radius 3 is 2.38 bits per heavy atom. The molecule has 0 unspecified atom stereocenters. The molecule has 0 atom stereocenters. The Bertz CT molecular complexity index is 526. The van der Waals surface area contributed by atoms with Crippen molar-refractivity contribution >= 4 is 17.9 Å². The minimum atomic E-state index is 0.135. The van der Waals surface area contributed by atoms with Crippen LogP contribution in [0.3, 0.4) is 0 Å². The highest BCUT2D eigenvalue weighted by atomic mass is 35.5. The number of hydrogen-bond acceptors (Lipinski definition) is 3. The quantitative estimate of drug-likeness (QED) is 0.749. The van der Waals surface area contributed by atoms with Gasteiger partial charge in [0.15, 0.2) is 17.7 Å². The van der Waals surface area contributed by atoms with E-state index in [1.165, 1.54) is 0 Å². The van der Waals surface area contributed by atoms with Crippen LogP contribution in [0.5, 0.6) is 0 Å². The largest absolute Gasteiger partial charge is 0.354 e. The number of rotatable bonds is 2. The van der Waals surface area contributed by atoms with Crippen LogP contribution in [0.25, 0.3) is 11.3 Å². The first kappa shape index (κ1) is 10.9. The van der Waals surface area contributed by atoms with Crippen molar-refractivity contribution in [2.24, 2.45) is 0 Å². The van der Waals surface area contributed by atoms with Crippen LogP contribution in [0, 0.1) is 13.8 Å². The van der Waals surface area contributed by atoms with Crippen LogP contribution in [-0.4, -0.2) is 11.4 Å². The van der Waals surface area contributed by atoms with Gasteiger partial charge in [-0.25, -0.2) is 0 Å². The maximum absolute atomic E-state index is 10.6. The van der Waals surface area contributed by atoms with Gasteiger partial charge in [-0.2, -0.15) is 0 Å². The van der Waals surface area contributed by atoms with Crippen LogP contribution < -0.4 is 0 Å². The summed E-state index contributed by atoms with van der Waals surface area (Å²) in [5.74, 6) is 0.440. The number of hydrogen-bond donors (Lipinski definition) is 0. The number of aromatic nitrogens is 1. The normalized spacial score (nSPS) is 10.4. The van der Waals surface area contributed by atoms with Crippen molar-refractivity contribution in [3.63, 3.8) is 0 Å². The van der Waals surface area contributed by atoms with Crippen LogP contribution in [0.4, 0.5) is 0 Å². The fourth-order valence-electron chi connectivity index (χ4n) is 1.65. The second kappa shape index (κ2) is 4.10. The van der Waals surface area contributed by atoms with E-state index >= 15 is 0 Å². The predicted octanol–water partition coefficient (Wildman–Crippen LogP) is 3.42. The van der Waals surface area contributed by atoms with Crippen molar-refractivity contribution in [2.75, 3.05) is 0 Å². The predicted molar refractivity (Wildman–Crippen MR) is 61.8 cm³/mol. The van der Waals surface area contributed by atoms with Crippen molar-refractivity contribution in [1.82, 2.24) is 5.16 Å². The Hall–Kier alpha value is -1.61. The third-order valence-electron chi connectivity index (χ3n) is 2.26. The monoisotopic (exact) mass is 235 g/mol. The highest BCUT2D eigenvalue weighted by Gasteiger charge is 2.15.